The average molecular weight is 599 g/mol. The number of morpholine rings is 1. The van der Waals surface area contributed by atoms with Gasteiger partial charge in [-0.25, -0.2) is 30.1 Å². The molecule has 15 nitrogen and oxygen atoms in total. The number of nitrogens with one attached hydrogen (secondary N) is 2. The molecule has 6 heterocycles. The number of aromatic nitrogens is 9. The van der Waals surface area contributed by atoms with Crippen LogP contribution in [-0.4, -0.2) is 87.9 Å². The molecule has 1 saturated carbocycles. The summed E-state index contributed by atoms with van der Waals surface area (Å²) in [6, 6.07) is 6.13. The summed E-state index contributed by atoms with van der Waals surface area (Å²) in [7, 11) is 1.81. The van der Waals surface area contributed by atoms with Crippen molar-refractivity contribution in [2.45, 2.75) is 44.4 Å². The maximum absolute atomic E-state index is 9.21. The minimum Gasteiger partial charge on any atom is -0.474 e. The monoisotopic (exact) mass is 598 g/mol. The van der Waals surface area contributed by atoms with Crippen molar-refractivity contribution < 1.29 is 14.7 Å². The molecule has 5 aromatic heterocycles. The van der Waals surface area contributed by atoms with E-state index in [1.54, 1.807) is 40.4 Å². The van der Waals surface area contributed by atoms with Crippen molar-refractivity contribution in [2.75, 3.05) is 42.0 Å². The largest absolute Gasteiger partial charge is 0.474 e. The van der Waals surface area contributed by atoms with Gasteiger partial charge in [-0.3, -0.25) is 10.2 Å². The highest BCUT2D eigenvalue weighted by atomic mass is 16.5. The Labute approximate surface area is 253 Å². The third-order valence-electron chi connectivity index (χ3n) is 8.12. The van der Waals surface area contributed by atoms with Crippen molar-refractivity contribution in [1.82, 2.24) is 44.3 Å². The Hall–Kier alpha value is -4.89. The van der Waals surface area contributed by atoms with Gasteiger partial charge in [-0.1, -0.05) is 0 Å². The lowest BCUT2D eigenvalue weighted by atomic mass is 9.93. The zero-order valence-corrected chi connectivity index (χ0v) is 24.4. The second kappa shape index (κ2) is 12.4. The lowest BCUT2D eigenvalue weighted by Crippen LogP contribution is -2.37. The summed E-state index contributed by atoms with van der Waals surface area (Å²) in [5, 5.41) is 18.2. The standard InChI is InChI=1S/C29H34N12O3/c1-39-21(16-33-29(39)38-42)17-41-18-34-26(37-41)19-13-23-24(32-15-19)14-25(40-9-11-43-12-10-40)36-27(23)44-22-5-3-20(4-6-22)35-28-30-7-2-8-31-28/h2,7-8,13-16,18,20,22,42H,3-6,9-12,17H2,1H3,(H,33,38)(H,30,31,35). The molecule has 0 aromatic carbocycles. The SMILES string of the molecule is Cn1c(Cn2cnc(-c3cnc4cc(N5CCOCC5)nc(OC5CCC(Nc6ncccn6)CC5)c4c3)n2)cnc1NO. The Bertz CT molecular complexity index is 1710. The zero-order chi connectivity index (χ0) is 29.9. The summed E-state index contributed by atoms with van der Waals surface area (Å²) in [5.41, 5.74) is 4.50. The van der Waals surface area contributed by atoms with Crippen molar-refractivity contribution in [2.24, 2.45) is 7.05 Å². The fourth-order valence-corrected chi connectivity index (χ4v) is 5.65. The number of fused-ring (bicyclic) bond motifs is 1. The van der Waals surface area contributed by atoms with Gasteiger partial charge in [0.1, 0.15) is 18.2 Å². The minimum atomic E-state index is 0.0265. The van der Waals surface area contributed by atoms with E-state index in [0.29, 0.717) is 49.4 Å². The van der Waals surface area contributed by atoms with Crippen molar-refractivity contribution in [3.8, 4) is 17.3 Å². The first-order valence-corrected chi connectivity index (χ1v) is 14.8. The molecule has 15 heteroatoms. The van der Waals surface area contributed by atoms with Gasteiger partial charge in [0.25, 0.3) is 0 Å². The van der Waals surface area contributed by atoms with Gasteiger partial charge < -0.3 is 24.3 Å². The molecule has 7 rings (SSSR count). The number of anilines is 3. The normalized spacial score (nSPS) is 18.8. The first kappa shape index (κ1) is 27.9. The maximum atomic E-state index is 9.21. The molecule has 228 valence electrons. The Morgan fingerprint density at radius 2 is 1.82 bits per heavy atom. The van der Waals surface area contributed by atoms with E-state index in [0.717, 1.165) is 66.8 Å². The van der Waals surface area contributed by atoms with E-state index in [-0.39, 0.29) is 6.10 Å². The van der Waals surface area contributed by atoms with E-state index in [9.17, 15) is 5.21 Å². The van der Waals surface area contributed by atoms with Gasteiger partial charge in [0, 0.05) is 56.4 Å². The second-order valence-corrected chi connectivity index (χ2v) is 11.0. The quantitative estimate of drug-likeness (QED) is 0.212. The molecule has 0 radical (unpaired) electrons. The second-order valence-electron chi connectivity index (χ2n) is 11.0. The fourth-order valence-electron chi connectivity index (χ4n) is 5.65. The minimum absolute atomic E-state index is 0.0265. The van der Waals surface area contributed by atoms with Crippen molar-refractivity contribution in [3.63, 3.8) is 0 Å². The number of ether oxygens (including phenoxy) is 2. The van der Waals surface area contributed by atoms with Crippen molar-refractivity contribution in [3.05, 3.63) is 55.0 Å². The molecule has 1 aliphatic heterocycles. The summed E-state index contributed by atoms with van der Waals surface area (Å²) < 4.78 is 15.7. The van der Waals surface area contributed by atoms with Gasteiger partial charge in [-0.15, -0.1) is 0 Å². The van der Waals surface area contributed by atoms with E-state index < -0.39 is 0 Å². The van der Waals surface area contributed by atoms with Crippen LogP contribution in [0.5, 0.6) is 5.88 Å². The third kappa shape index (κ3) is 5.96. The van der Waals surface area contributed by atoms with Gasteiger partial charge in [-0.2, -0.15) is 10.1 Å². The molecular formula is C29H34N12O3. The maximum Gasteiger partial charge on any atom is 0.227 e. The fraction of sp³-hybridized carbons (Fsp3) is 0.414. The summed E-state index contributed by atoms with van der Waals surface area (Å²) in [6.45, 7) is 3.29. The van der Waals surface area contributed by atoms with Crippen LogP contribution in [0, 0.1) is 0 Å². The first-order valence-electron chi connectivity index (χ1n) is 14.8. The third-order valence-corrected chi connectivity index (χ3v) is 8.12. The number of pyridine rings is 2. The Morgan fingerprint density at radius 1 is 1.00 bits per heavy atom. The number of hydrogen-bond acceptors (Lipinski definition) is 13. The molecule has 0 spiro atoms. The summed E-state index contributed by atoms with van der Waals surface area (Å²) in [5.74, 6) is 2.96. The zero-order valence-electron chi connectivity index (χ0n) is 24.4. The summed E-state index contributed by atoms with van der Waals surface area (Å²) >= 11 is 0. The van der Waals surface area contributed by atoms with Crippen LogP contribution in [0.1, 0.15) is 31.4 Å². The predicted octanol–water partition coefficient (Wildman–Crippen LogP) is 2.90. The molecule has 0 atom stereocenters. The molecule has 5 aromatic rings. The smallest absolute Gasteiger partial charge is 0.227 e. The molecule has 2 aliphatic rings. The molecule has 0 bridgehead atoms. The Morgan fingerprint density at radius 3 is 2.59 bits per heavy atom. The van der Waals surface area contributed by atoms with Crippen LogP contribution in [-0.2, 0) is 18.3 Å². The molecule has 0 amide bonds. The molecule has 3 N–H and O–H groups in total. The van der Waals surface area contributed by atoms with Gasteiger partial charge in [0.2, 0.25) is 17.8 Å². The molecule has 1 saturated heterocycles. The lowest BCUT2D eigenvalue weighted by molar-refractivity contribution is 0.122. The number of rotatable bonds is 9. The van der Waals surface area contributed by atoms with Crippen LogP contribution in [0.4, 0.5) is 17.7 Å². The van der Waals surface area contributed by atoms with Crippen LogP contribution in [0.2, 0.25) is 0 Å². The van der Waals surface area contributed by atoms with Crippen LogP contribution in [0.25, 0.3) is 22.3 Å². The molecule has 0 unspecified atom stereocenters. The van der Waals surface area contributed by atoms with Gasteiger partial charge >= 0.3 is 0 Å². The Kier molecular flexibility index (Phi) is 7.85. The van der Waals surface area contributed by atoms with Crippen LogP contribution in [0.15, 0.2) is 49.3 Å². The lowest BCUT2D eigenvalue weighted by Gasteiger charge is -2.31. The highest BCUT2D eigenvalue weighted by molar-refractivity contribution is 5.88. The Balaban J connectivity index is 1.13. The van der Waals surface area contributed by atoms with Gasteiger partial charge in [0.05, 0.1) is 42.6 Å². The number of imidazole rings is 1. The summed E-state index contributed by atoms with van der Waals surface area (Å²) in [4.78, 5) is 29.3. The molecule has 2 fully saturated rings. The average Bonchev–Trinajstić information content (AvgIpc) is 3.69. The van der Waals surface area contributed by atoms with Crippen LogP contribution < -0.4 is 20.4 Å². The number of hydrogen-bond donors (Lipinski definition) is 3. The predicted molar refractivity (Wildman–Crippen MR) is 162 cm³/mol. The van der Waals surface area contributed by atoms with E-state index in [2.05, 4.69) is 40.7 Å². The molecule has 44 heavy (non-hydrogen) atoms. The van der Waals surface area contributed by atoms with E-state index >= 15 is 0 Å². The van der Waals surface area contributed by atoms with Crippen LogP contribution >= 0.6 is 0 Å². The van der Waals surface area contributed by atoms with Gasteiger partial charge in [-0.05, 0) is 37.8 Å². The molecular weight excluding hydrogens is 564 g/mol. The highest BCUT2D eigenvalue weighted by Gasteiger charge is 2.25. The van der Waals surface area contributed by atoms with Crippen LogP contribution in [0.3, 0.4) is 0 Å². The van der Waals surface area contributed by atoms with E-state index in [4.69, 9.17) is 19.4 Å². The number of nitrogens with zero attached hydrogens (tertiary/aromatic N) is 10. The topological polar surface area (TPSA) is 166 Å². The first-order chi connectivity index (χ1) is 21.6. The van der Waals surface area contributed by atoms with E-state index in [1.807, 2.05) is 25.2 Å². The van der Waals surface area contributed by atoms with Crippen molar-refractivity contribution in [1.29, 1.82) is 0 Å². The van der Waals surface area contributed by atoms with E-state index in [1.165, 1.54) is 0 Å². The molecule has 1 aliphatic carbocycles. The highest BCUT2D eigenvalue weighted by Crippen LogP contribution is 2.33. The van der Waals surface area contributed by atoms with Crippen molar-refractivity contribution >= 4 is 28.6 Å². The summed E-state index contributed by atoms with van der Waals surface area (Å²) in [6.07, 6.45) is 12.3. The van der Waals surface area contributed by atoms with Gasteiger partial charge in [0.15, 0.2) is 5.82 Å².